The van der Waals surface area contributed by atoms with Crippen molar-refractivity contribution in [3.8, 4) is 6.07 Å². The summed E-state index contributed by atoms with van der Waals surface area (Å²) >= 11 is 0. The molecule has 1 unspecified atom stereocenters. The number of urea groups is 1. The number of hydroxylamine groups is 2. The summed E-state index contributed by atoms with van der Waals surface area (Å²) in [6.45, 7) is 3.88. The van der Waals surface area contributed by atoms with Crippen LogP contribution in [0.5, 0.6) is 0 Å². The molecule has 2 N–H and O–H groups in total. The van der Waals surface area contributed by atoms with E-state index in [9.17, 15) is 18.8 Å². The van der Waals surface area contributed by atoms with Crippen LogP contribution < -0.4 is 10.6 Å². The zero-order valence-corrected chi connectivity index (χ0v) is 19.0. The Balaban J connectivity index is 1.58. The molecule has 0 aliphatic carbocycles. The van der Waals surface area contributed by atoms with Gasteiger partial charge in [0.25, 0.3) is 5.91 Å². The van der Waals surface area contributed by atoms with Gasteiger partial charge in [-0.1, -0.05) is 0 Å². The summed E-state index contributed by atoms with van der Waals surface area (Å²) in [4.78, 5) is 44.6. The molecule has 2 aromatic rings. The number of aromatic nitrogens is 2. The Morgan fingerprint density at radius 3 is 2.85 bits per heavy atom. The molecule has 34 heavy (non-hydrogen) atoms. The van der Waals surface area contributed by atoms with Crippen LogP contribution in [0.3, 0.4) is 0 Å². The number of carbonyl (C=O) groups is 3. The highest BCUT2D eigenvalue weighted by Gasteiger charge is 2.37. The van der Waals surface area contributed by atoms with Gasteiger partial charge in [-0.15, -0.1) is 0 Å². The lowest BCUT2D eigenvalue weighted by molar-refractivity contribution is -0.148. The van der Waals surface area contributed by atoms with E-state index in [1.165, 1.54) is 26.1 Å². The van der Waals surface area contributed by atoms with Crippen molar-refractivity contribution in [2.45, 2.75) is 45.5 Å². The fraction of sp³-hybridized carbons (Fsp3) is 0.409. The lowest BCUT2D eigenvalue weighted by Gasteiger charge is -2.33. The van der Waals surface area contributed by atoms with E-state index in [1.54, 1.807) is 15.7 Å². The van der Waals surface area contributed by atoms with Crippen LogP contribution in [0.2, 0.25) is 0 Å². The van der Waals surface area contributed by atoms with Gasteiger partial charge in [0.15, 0.2) is 0 Å². The maximum atomic E-state index is 13.6. The predicted octanol–water partition coefficient (Wildman–Crippen LogP) is 1.39. The minimum atomic E-state index is -0.666. The molecule has 0 fully saturated rings. The first-order valence-corrected chi connectivity index (χ1v) is 10.7. The second-order valence-electron chi connectivity index (χ2n) is 8.34. The summed E-state index contributed by atoms with van der Waals surface area (Å²) in [6, 6.07) is 4.85. The minimum absolute atomic E-state index is 0.139. The fourth-order valence-electron chi connectivity index (χ4n) is 4.13. The molecule has 4 amide bonds. The molecule has 1 aromatic carbocycles. The van der Waals surface area contributed by atoms with Gasteiger partial charge < -0.3 is 15.5 Å². The second-order valence-corrected chi connectivity index (χ2v) is 8.34. The topological polar surface area (TPSA) is 133 Å². The predicted molar refractivity (Wildman–Crippen MR) is 117 cm³/mol. The smallest absolute Gasteiger partial charge is 0.322 e. The van der Waals surface area contributed by atoms with Gasteiger partial charge in [-0.2, -0.15) is 10.4 Å². The molecular formula is C22H24FN7O4. The van der Waals surface area contributed by atoms with Gasteiger partial charge in [0.1, 0.15) is 23.7 Å². The van der Waals surface area contributed by atoms with Gasteiger partial charge in [-0.3, -0.25) is 19.1 Å². The number of carbonyl (C=O) groups excluding carboxylic acids is 3. The molecular weight excluding hydrogens is 445 g/mol. The number of anilines is 1. The fourth-order valence-corrected chi connectivity index (χ4v) is 4.13. The van der Waals surface area contributed by atoms with Crippen molar-refractivity contribution < 1.29 is 23.6 Å². The van der Waals surface area contributed by atoms with Crippen molar-refractivity contribution in [3.05, 3.63) is 46.5 Å². The average Bonchev–Trinajstić information content (AvgIpc) is 3.07. The van der Waals surface area contributed by atoms with Gasteiger partial charge in [-0.25, -0.2) is 14.2 Å². The molecule has 0 radical (unpaired) electrons. The molecule has 0 saturated heterocycles. The normalized spacial score (nSPS) is 19.6. The van der Waals surface area contributed by atoms with E-state index in [1.807, 2.05) is 6.92 Å². The number of hydrogen-bond donors (Lipinski definition) is 2. The number of nitrogens with zero attached hydrogens (tertiary/aromatic N) is 5. The number of benzene rings is 1. The lowest BCUT2D eigenvalue weighted by Crippen LogP contribution is -2.45. The molecule has 2 atom stereocenters. The monoisotopic (exact) mass is 469 g/mol. The first-order valence-electron chi connectivity index (χ1n) is 10.7. The van der Waals surface area contributed by atoms with Crippen LogP contribution in [0.4, 0.5) is 14.9 Å². The van der Waals surface area contributed by atoms with Crippen LogP contribution >= 0.6 is 0 Å². The number of fused-ring (bicyclic) bond motifs is 3. The first kappa shape index (κ1) is 23.2. The van der Waals surface area contributed by atoms with Crippen molar-refractivity contribution in [2.75, 3.05) is 18.9 Å². The van der Waals surface area contributed by atoms with Crippen molar-refractivity contribution in [1.82, 2.24) is 25.1 Å². The standard InChI is InChI=1S/C22H24FN7O4/c1-12-6-19-17(11-29(12)22(33)26-15-4-5-18(23)14(7-15)8-24)20-21(32)28(3)34-16(9-25-13(2)31)10-30(20)27-19/h4-5,7,12,16H,6,9-11H2,1-3H3,(H,25,31)(H,26,33)/t12-,16?/m1/s1. The van der Waals surface area contributed by atoms with E-state index in [2.05, 4.69) is 15.7 Å². The summed E-state index contributed by atoms with van der Waals surface area (Å²) in [5, 5.41) is 20.1. The quantitative estimate of drug-likeness (QED) is 0.698. The van der Waals surface area contributed by atoms with Crippen LogP contribution in [0.1, 0.15) is 41.2 Å². The van der Waals surface area contributed by atoms with Crippen molar-refractivity contribution in [3.63, 3.8) is 0 Å². The largest absolute Gasteiger partial charge is 0.354 e. The molecule has 178 valence electrons. The van der Waals surface area contributed by atoms with E-state index < -0.39 is 23.9 Å². The van der Waals surface area contributed by atoms with Crippen molar-refractivity contribution >= 4 is 23.5 Å². The Hall–Kier alpha value is -3.98. The van der Waals surface area contributed by atoms with Gasteiger partial charge in [0.2, 0.25) is 5.91 Å². The summed E-state index contributed by atoms with van der Waals surface area (Å²) in [6.07, 6.45) is -0.0609. The maximum absolute atomic E-state index is 13.6. The molecule has 3 heterocycles. The van der Waals surface area contributed by atoms with Crippen LogP contribution in [0, 0.1) is 17.1 Å². The average molecular weight is 469 g/mol. The molecule has 0 bridgehead atoms. The molecule has 1 aromatic heterocycles. The SMILES string of the molecule is CC(=O)NCC1Cn2nc3c(c2C(=O)N(C)O1)CN(C(=O)Nc1ccc(F)c(C#N)c1)[C@H](C)C3. The lowest BCUT2D eigenvalue weighted by atomic mass is 9.99. The van der Waals surface area contributed by atoms with Crippen LogP contribution in [-0.2, 0) is 29.1 Å². The Morgan fingerprint density at radius 2 is 2.15 bits per heavy atom. The summed E-state index contributed by atoms with van der Waals surface area (Å²) in [5.74, 6) is -1.27. The maximum Gasteiger partial charge on any atom is 0.322 e. The molecule has 2 aliphatic rings. The highest BCUT2D eigenvalue weighted by atomic mass is 19.1. The van der Waals surface area contributed by atoms with Crippen LogP contribution in [-0.4, -0.2) is 63.3 Å². The van der Waals surface area contributed by atoms with Crippen LogP contribution in [0.25, 0.3) is 0 Å². The summed E-state index contributed by atoms with van der Waals surface area (Å²) in [7, 11) is 1.50. The van der Waals surface area contributed by atoms with Crippen LogP contribution in [0.15, 0.2) is 18.2 Å². The molecule has 2 aliphatic heterocycles. The van der Waals surface area contributed by atoms with Gasteiger partial charge in [0.05, 0.1) is 24.3 Å². The third kappa shape index (κ3) is 4.42. The van der Waals surface area contributed by atoms with Gasteiger partial charge in [0, 0.05) is 44.2 Å². The van der Waals surface area contributed by atoms with Crippen molar-refractivity contribution in [1.29, 1.82) is 5.26 Å². The molecule has 4 rings (SSSR count). The Bertz CT molecular complexity index is 1200. The third-order valence-electron chi connectivity index (χ3n) is 5.83. The Labute approximate surface area is 195 Å². The zero-order valence-electron chi connectivity index (χ0n) is 19.0. The number of nitrogens with one attached hydrogen (secondary N) is 2. The summed E-state index contributed by atoms with van der Waals surface area (Å²) < 4.78 is 15.2. The zero-order chi connectivity index (χ0) is 24.6. The van der Waals surface area contributed by atoms with E-state index in [0.717, 1.165) is 16.8 Å². The van der Waals surface area contributed by atoms with Crippen molar-refractivity contribution in [2.24, 2.45) is 0 Å². The Morgan fingerprint density at radius 1 is 1.38 bits per heavy atom. The second kappa shape index (κ2) is 9.11. The molecule has 0 saturated carbocycles. The molecule has 12 heteroatoms. The highest BCUT2D eigenvalue weighted by Crippen LogP contribution is 2.29. The van der Waals surface area contributed by atoms with E-state index in [4.69, 9.17) is 10.1 Å². The summed E-state index contributed by atoms with van der Waals surface area (Å²) in [5.41, 5.74) is 1.81. The van der Waals surface area contributed by atoms with E-state index in [0.29, 0.717) is 23.4 Å². The first-order chi connectivity index (χ1) is 16.2. The van der Waals surface area contributed by atoms with Gasteiger partial charge >= 0.3 is 6.03 Å². The van der Waals surface area contributed by atoms with E-state index in [-0.39, 0.29) is 37.1 Å². The number of amides is 4. The number of hydrogen-bond acceptors (Lipinski definition) is 6. The van der Waals surface area contributed by atoms with Gasteiger partial charge in [-0.05, 0) is 25.1 Å². The Kier molecular flexibility index (Phi) is 6.21. The highest BCUT2D eigenvalue weighted by molar-refractivity contribution is 5.94. The number of rotatable bonds is 3. The number of nitriles is 1. The van der Waals surface area contributed by atoms with E-state index >= 15 is 0 Å². The molecule has 11 nitrogen and oxygen atoms in total. The third-order valence-corrected chi connectivity index (χ3v) is 5.83. The number of halogens is 1. The minimum Gasteiger partial charge on any atom is -0.354 e. The molecule has 0 spiro atoms.